The van der Waals surface area contributed by atoms with Gasteiger partial charge in [0.2, 0.25) is 5.91 Å². The number of thioether (sulfide) groups is 1. The van der Waals surface area contributed by atoms with Gasteiger partial charge in [-0.1, -0.05) is 18.7 Å². The zero-order valence-corrected chi connectivity index (χ0v) is 12.4. The lowest BCUT2D eigenvalue weighted by Crippen LogP contribution is -2.28. The van der Waals surface area contributed by atoms with Gasteiger partial charge in [-0.3, -0.25) is 14.6 Å². The van der Waals surface area contributed by atoms with Gasteiger partial charge in [0.25, 0.3) is 0 Å². The number of nitrogens with zero attached hydrogens (tertiary/aromatic N) is 3. The van der Waals surface area contributed by atoms with E-state index in [0.29, 0.717) is 17.2 Å². The van der Waals surface area contributed by atoms with Crippen LogP contribution in [0.3, 0.4) is 0 Å². The van der Waals surface area contributed by atoms with Gasteiger partial charge in [0.05, 0.1) is 17.5 Å². The Balaban J connectivity index is 2.26. The normalized spacial score (nSPS) is 10.7. The number of aromatic nitrogens is 3. The molecule has 0 saturated carbocycles. The minimum atomic E-state index is -0.924. The van der Waals surface area contributed by atoms with Crippen molar-refractivity contribution in [3.05, 3.63) is 18.5 Å². The van der Waals surface area contributed by atoms with Crippen molar-refractivity contribution >= 4 is 34.7 Å². The first kappa shape index (κ1) is 15.3. The number of carboxylic acids is 1. The molecule has 0 aliphatic heterocycles. The monoisotopic (exact) mass is 308 g/mol. The predicted molar refractivity (Wildman–Crippen MR) is 79.2 cm³/mol. The number of hydrogen-bond donors (Lipinski definition) is 2. The van der Waals surface area contributed by atoms with Crippen molar-refractivity contribution in [2.24, 2.45) is 0 Å². The highest BCUT2D eigenvalue weighted by Gasteiger charge is 2.15. The van der Waals surface area contributed by atoms with Gasteiger partial charge in [-0.2, -0.15) is 0 Å². The van der Waals surface area contributed by atoms with Crippen molar-refractivity contribution in [2.75, 3.05) is 12.3 Å². The van der Waals surface area contributed by atoms with Gasteiger partial charge in [0, 0.05) is 12.7 Å². The summed E-state index contributed by atoms with van der Waals surface area (Å²) in [6.45, 7) is 2.71. The molecule has 7 nitrogen and oxygen atoms in total. The first-order valence-corrected chi connectivity index (χ1v) is 7.52. The van der Waals surface area contributed by atoms with Crippen molar-refractivity contribution < 1.29 is 14.7 Å². The van der Waals surface area contributed by atoms with Crippen LogP contribution in [0.1, 0.15) is 13.3 Å². The van der Waals surface area contributed by atoms with E-state index in [4.69, 9.17) is 5.11 Å². The molecule has 0 aromatic carbocycles. The summed E-state index contributed by atoms with van der Waals surface area (Å²) in [5, 5.41) is 12.1. The quantitative estimate of drug-likeness (QED) is 0.744. The molecule has 1 amide bonds. The van der Waals surface area contributed by atoms with Gasteiger partial charge in [0.15, 0.2) is 5.16 Å². The molecule has 0 aliphatic rings. The van der Waals surface area contributed by atoms with Crippen molar-refractivity contribution in [3.8, 4) is 0 Å². The maximum Gasteiger partial charge on any atom is 0.313 e. The average Bonchev–Trinajstić information content (AvgIpc) is 2.81. The number of carbonyl (C=O) groups is 2. The van der Waals surface area contributed by atoms with Crippen LogP contribution in [-0.4, -0.2) is 43.8 Å². The summed E-state index contributed by atoms with van der Waals surface area (Å²) in [7, 11) is 0. The summed E-state index contributed by atoms with van der Waals surface area (Å²) in [6.07, 6.45) is 4.08. The molecule has 2 heterocycles. The minimum Gasteiger partial charge on any atom is -0.481 e. The molecular weight excluding hydrogens is 292 g/mol. The number of hydrogen-bond acceptors (Lipinski definition) is 5. The second-order valence-electron chi connectivity index (χ2n) is 4.38. The van der Waals surface area contributed by atoms with Gasteiger partial charge < -0.3 is 15.0 Å². The molecule has 0 radical (unpaired) electrons. The maximum absolute atomic E-state index is 11.9. The van der Waals surface area contributed by atoms with Crippen LogP contribution >= 0.6 is 11.8 Å². The molecule has 2 N–H and O–H groups in total. The van der Waals surface area contributed by atoms with Crippen LogP contribution in [0.15, 0.2) is 23.6 Å². The van der Waals surface area contributed by atoms with Crippen molar-refractivity contribution in [1.29, 1.82) is 0 Å². The third-order valence-electron chi connectivity index (χ3n) is 2.71. The number of aliphatic carboxylic acids is 1. The maximum atomic E-state index is 11.9. The lowest BCUT2D eigenvalue weighted by molar-refractivity contribution is -0.133. The van der Waals surface area contributed by atoms with Gasteiger partial charge in [0.1, 0.15) is 12.1 Å². The van der Waals surface area contributed by atoms with E-state index in [9.17, 15) is 9.59 Å². The van der Waals surface area contributed by atoms with Crippen LogP contribution in [0.2, 0.25) is 0 Å². The lowest BCUT2D eigenvalue weighted by atomic mass is 10.4. The molecular formula is C13H16N4O3S. The van der Waals surface area contributed by atoms with E-state index in [0.717, 1.165) is 23.7 Å². The number of fused-ring (bicyclic) bond motifs is 1. The predicted octanol–water partition coefficient (Wildman–Crippen LogP) is 1.13. The van der Waals surface area contributed by atoms with Gasteiger partial charge in [-0.25, -0.2) is 4.98 Å². The van der Waals surface area contributed by atoms with Crippen LogP contribution < -0.4 is 5.32 Å². The fraction of sp³-hybridized carbons (Fsp3) is 0.385. The Kier molecular flexibility index (Phi) is 5.15. The zero-order valence-electron chi connectivity index (χ0n) is 11.6. The summed E-state index contributed by atoms with van der Waals surface area (Å²) < 4.78 is 1.72. The molecule has 0 atom stereocenters. The fourth-order valence-corrected chi connectivity index (χ4v) is 2.55. The molecule has 2 aromatic heterocycles. The molecule has 0 aliphatic carbocycles. The smallest absolute Gasteiger partial charge is 0.313 e. The zero-order chi connectivity index (χ0) is 15.2. The van der Waals surface area contributed by atoms with Crippen molar-refractivity contribution in [1.82, 2.24) is 19.9 Å². The lowest BCUT2D eigenvalue weighted by Gasteiger charge is -2.08. The Morgan fingerprint density at radius 2 is 2.29 bits per heavy atom. The molecule has 8 heteroatoms. The third-order valence-corrected chi connectivity index (χ3v) is 3.68. The Morgan fingerprint density at radius 1 is 1.48 bits per heavy atom. The van der Waals surface area contributed by atoms with E-state index < -0.39 is 5.97 Å². The Bertz CT molecular complexity index is 656. The summed E-state index contributed by atoms with van der Waals surface area (Å²) in [6, 6.07) is 1.76. The highest BCUT2D eigenvalue weighted by molar-refractivity contribution is 7.99. The largest absolute Gasteiger partial charge is 0.481 e. The highest BCUT2D eigenvalue weighted by atomic mass is 32.2. The number of carbonyl (C=O) groups excluding carboxylic acids is 1. The SMILES string of the molecule is CCCNC(=O)Cn1c(SCC(=O)O)nc2cnccc21. The molecule has 0 bridgehead atoms. The Morgan fingerprint density at radius 3 is 3.00 bits per heavy atom. The van der Waals surface area contributed by atoms with Crippen LogP contribution in [0.4, 0.5) is 0 Å². The second-order valence-corrected chi connectivity index (χ2v) is 5.32. The van der Waals surface area contributed by atoms with Gasteiger partial charge in [-0.05, 0) is 12.5 Å². The molecule has 2 rings (SSSR count). The van der Waals surface area contributed by atoms with Crippen molar-refractivity contribution in [3.63, 3.8) is 0 Å². The fourth-order valence-electron chi connectivity index (χ4n) is 1.81. The van der Waals surface area contributed by atoms with Crippen LogP contribution in [0, 0.1) is 0 Å². The second kappa shape index (κ2) is 7.07. The van der Waals surface area contributed by atoms with Crippen LogP contribution in [0.25, 0.3) is 11.0 Å². The van der Waals surface area contributed by atoms with Crippen molar-refractivity contribution in [2.45, 2.75) is 25.0 Å². The summed E-state index contributed by atoms with van der Waals surface area (Å²) in [4.78, 5) is 30.9. The molecule has 0 unspecified atom stereocenters. The summed E-state index contributed by atoms with van der Waals surface area (Å²) in [5.41, 5.74) is 1.42. The molecule has 2 aromatic rings. The van der Waals surface area contributed by atoms with E-state index in [-0.39, 0.29) is 18.2 Å². The highest BCUT2D eigenvalue weighted by Crippen LogP contribution is 2.23. The van der Waals surface area contributed by atoms with E-state index in [1.165, 1.54) is 0 Å². The number of carboxylic acid groups (broad SMARTS) is 1. The first-order valence-electron chi connectivity index (χ1n) is 6.53. The first-order chi connectivity index (χ1) is 10.1. The summed E-state index contributed by atoms with van der Waals surface area (Å²) in [5.74, 6) is -1.15. The number of imidazole rings is 1. The third kappa shape index (κ3) is 3.94. The molecule has 21 heavy (non-hydrogen) atoms. The van der Waals surface area contributed by atoms with E-state index in [1.807, 2.05) is 6.92 Å². The number of pyridine rings is 1. The molecule has 0 fully saturated rings. The molecule has 0 spiro atoms. The number of nitrogens with one attached hydrogen (secondary N) is 1. The van der Waals surface area contributed by atoms with Gasteiger partial charge >= 0.3 is 5.97 Å². The summed E-state index contributed by atoms with van der Waals surface area (Å²) >= 11 is 1.09. The number of rotatable bonds is 7. The average molecular weight is 308 g/mol. The Labute approximate surface area is 125 Å². The Hall–Kier alpha value is -2.09. The van der Waals surface area contributed by atoms with Crippen LogP contribution in [0.5, 0.6) is 0 Å². The van der Waals surface area contributed by atoms with Gasteiger partial charge in [-0.15, -0.1) is 0 Å². The number of amides is 1. The van der Waals surface area contributed by atoms with E-state index in [2.05, 4.69) is 15.3 Å². The van der Waals surface area contributed by atoms with E-state index >= 15 is 0 Å². The topological polar surface area (TPSA) is 97.1 Å². The van der Waals surface area contributed by atoms with Crippen LogP contribution in [-0.2, 0) is 16.1 Å². The molecule has 112 valence electrons. The van der Waals surface area contributed by atoms with E-state index in [1.54, 1.807) is 23.0 Å². The minimum absolute atomic E-state index is 0.104. The molecule has 0 saturated heterocycles. The standard InChI is InChI=1S/C13H16N4O3S/c1-2-4-15-11(18)7-17-10-3-5-14-6-9(10)16-13(17)21-8-12(19)20/h3,5-6H,2,4,7-8H2,1H3,(H,15,18)(H,19,20).